The molecule has 45 heavy (non-hydrogen) atoms. The van der Waals surface area contributed by atoms with Gasteiger partial charge in [-0.2, -0.15) is 0 Å². The van der Waals surface area contributed by atoms with Crippen molar-refractivity contribution in [2.75, 3.05) is 10.8 Å². The van der Waals surface area contributed by atoms with Gasteiger partial charge in [0.05, 0.1) is 10.6 Å². The zero-order valence-corrected chi connectivity index (χ0v) is 26.9. The molecule has 0 heterocycles. The van der Waals surface area contributed by atoms with E-state index >= 15 is 4.39 Å². The monoisotopic (exact) mass is 629 g/mol. The van der Waals surface area contributed by atoms with Crippen molar-refractivity contribution in [1.82, 2.24) is 10.2 Å². The second-order valence-corrected chi connectivity index (χ2v) is 13.1. The van der Waals surface area contributed by atoms with Crippen LogP contribution in [0.4, 0.5) is 10.1 Å². The number of carbonyl (C=O) groups excluding carboxylic acids is 2. The topological polar surface area (TPSA) is 86.8 Å². The predicted octanol–water partition coefficient (Wildman–Crippen LogP) is 6.19. The molecular weight excluding hydrogens is 589 g/mol. The summed E-state index contributed by atoms with van der Waals surface area (Å²) < 4.78 is 44.3. The number of hydrogen-bond donors (Lipinski definition) is 1. The number of nitrogens with zero attached hydrogens (tertiary/aromatic N) is 2. The van der Waals surface area contributed by atoms with Crippen LogP contribution in [0.2, 0.25) is 0 Å². The largest absolute Gasteiger partial charge is 0.352 e. The Kier molecular flexibility index (Phi) is 11.1. The molecule has 0 spiro atoms. The number of anilines is 1. The molecule has 236 valence electrons. The van der Waals surface area contributed by atoms with Crippen LogP contribution in [-0.2, 0) is 32.6 Å². The lowest BCUT2D eigenvalue weighted by Gasteiger charge is -2.34. The second kappa shape index (κ2) is 15.0. The van der Waals surface area contributed by atoms with Gasteiger partial charge in [0.25, 0.3) is 10.0 Å². The number of rotatable bonds is 13. The molecule has 0 saturated heterocycles. The molecule has 0 aliphatic rings. The van der Waals surface area contributed by atoms with Gasteiger partial charge >= 0.3 is 0 Å². The highest BCUT2D eigenvalue weighted by Crippen LogP contribution is 2.27. The zero-order valence-electron chi connectivity index (χ0n) is 26.1. The Labute approximate surface area is 265 Å². The van der Waals surface area contributed by atoms with Crippen LogP contribution in [0.3, 0.4) is 0 Å². The van der Waals surface area contributed by atoms with Gasteiger partial charge in [-0.25, -0.2) is 12.8 Å². The fourth-order valence-electron chi connectivity index (χ4n) is 4.93. The second-order valence-electron chi connectivity index (χ2n) is 11.2. The van der Waals surface area contributed by atoms with Gasteiger partial charge < -0.3 is 10.2 Å². The Morgan fingerprint density at radius 1 is 0.844 bits per heavy atom. The van der Waals surface area contributed by atoms with Gasteiger partial charge in [0.2, 0.25) is 11.8 Å². The number of hydrogen-bond acceptors (Lipinski definition) is 4. The Hall–Kier alpha value is -4.50. The van der Waals surface area contributed by atoms with Crippen molar-refractivity contribution < 1.29 is 22.4 Å². The highest BCUT2D eigenvalue weighted by atomic mass is 32.2. The molecule has 0 aromatic heterocycles. The van der Waals surface area contributed by atoms with Gasteiger partial charge in [-0.05, 0) is 74.2 Å². The van der Waals surface area contributed by atoms with E-state index in [1.807, 2.05) is 58.0 Å². The summed E-state index contributed by atoms with van der Waals surface area (Å²) in [6.07, 6.45) is 0.819. The van der Waals surface area contributed by atoms with E-state index in [0.29, 0.717) is 12.1 Å². The normalized spacial score (nSPS) is 12.6. The number of benzene rings is 4. The molecular formula is C36H40FN3O4S. The zero-order chi connectivity index (χ0) is 32.6. The molecule has 4 aromatic carbocycles. The van der Waals surface area contributed by atoms with E-state index in [1.165, 1.54) is 23.1 Å². The summed E-state index contributed by atoms with van der Waals surface area (Å²) in [6.45, 7) is 6.76. The maximum Gasteiger partial charge on any atom is 0.264 e. The van der Waals surface area contributed by atoms with Crippen molar-refractivity contribution in [3.63, 3.8) is 0 Å². The third-order valence-corrected chi connectivity index (χ3v) is 9.75. The lowest BCUT2D eigenvalue weighted by molar-refractivity contribution is -0.140. The Bertz CT molecular complexity index is 1720. The minimum Gasteiger partial charge on any atom is -0.352 e. The lowest BCUT2D eigenvalue weighted by atomic mass is 10.0. The fraction of sp³-hybridized carbons (Fsp3) is 0.278. The van der Waals surface area contributed by atoms with Crippen molar-refractivity contribution in [1.29, 1.82) is 0 Å². The van der Waals surface area contributed by atoms with Crippen LogP contribution in [0.5, 0.6) is 0 Å². The van der Waals surface area contributed by atoms with E-state index < -0.39 is 40.2 Å². The van der Waals surface area contributed by atoms with E-state index in [2.05, 4.69) is 5.32 Å². The van der Waals surface area contributed by atoms with Crippen molar-refractivity contribution in [3.8, 4) is 0 Å². The van der Waals surface area contributed by atoms with Gasteiger partial charge in [-0.15, -0.1) is 0 Å². The lowest BCUT2D eigenvalue weighted by Crippen LogP contribution is -2.54. The Morgan fingerprint density at radius 2 is 1.47 bits per heavy atom. The van der Waals surface area contributed by atoms with Crippen molar-refractivity contribution >= 4 is 27.5 Å². The van der Waals surface area contributed by atoms with Gasteiger partial charge in [0.1, 0.15) is 18.4 Å². The highest BCUT2D eigenvalue weighted by Gasteiger charge is 2.35. The summed E-state index contributed by atoms with van der Waals surface area (Å²) in [6, 6.07) is 27.2. The van der Waals surface area contributed by atoms with Crippen molar-refractivity contribution in [2.45, 2.75) is 64.1 Å². The van der Waals surface area contributed by atoms with Gasteiger partial charge in [0.15, 0.2) is 0 Å². The smallest absolute Gasteiger partial charge is 0.264 e. The molecule has 2 amide bonds. The highest BCUT2D eigenvalue weighted by molar-refractivity contribution is 7.92. The van der Waals surface area contributed by atoms with Crippen LogP contribution in [0.25, 0.3) is 0 Å². The quantitative estimate of drug-likeness (QED) is 0.191. The van der Waals surface area contributed by atoms with E-state index in [1.54, 1.807) is 54.6 Å². The van der Waals surface area contributed by atoms with Crippen LogP contribution < -0.4 is 9.62 Å². The maximum atomic E-state index is 15.0. The number of sulfonamides is 1. The molecule has 0 aliphatic carbocycles. The van der Waals surface area contributed by atoms with E-state index in [0.717, 1.165) is 21.0 Å². The number of halogens is 1. The van der Waals surface area contributed by atoms with E-state index in [9.17, 15) is 18.0 Å². The molecule has 7 nitrogen and oxygen atoms in total. The van der Waals surface area contributed by atoms with Crippen molar-refractivity contribution in [2.24, 2.45) is 0 Å². The third-order valence-electron chi connectivity index (χ3n) is 7.96. The molecule has 0 aliphatic heterocycles. The molecule has 4 aromatic rings. The third kappa shape index (κ3) is 8.36. The van der Waals surface area contributed by atoms with Crippen LogP contribution in [0.1, 0.15) is 42.5 Å². The van der Waals surface area contributed by atoms with E-state index in [-0.39, 0.29) is 29.5 Å². The fourth-order valence-corrected chi connectivity index (χ4v) is 6.36. The molecule has 9 heteroatoms. The van der Waals surface area contributed by atoms with Crippen molar-refractivity contribution in [3.05, 3.63) is 131 Å². The average Bonchev–Trinajstić information content (AvgIpc) is 3.04. The number of nitrogens with one attached hydrogen (secondary N) is 1. The first-order valence-corrected chi connectivity index (χ1v) is 16.5. The summed E-state index contributed by atoms with van der Waals surface area (Å²) in [7, 11) is -4.21. The van der Waals surface area contributed by atoms with Crippen LogP contribution >= 0.6 is 0 Å². The molecule has 2 atom stereocenters. The average molecular weight is 630 g/mol. The Balaban J connectivity index is 1.83. The maximum absolute atomic E-state index is 15.0. The summed E-state index contributed by atoms with van der Waals surface area (Å²) >= 11 is 0. The number of aryl methyl sites for hydroxylation is 2. The first-order valence-electron chi connectivity index (χ1n) is 15.0. The standard InChI is InChI=1S/C36H40FN3O4S/c1-5-28(4)38-36(42)34(23-29-14-8-6-9-15-29)39(24-30-16-12-13-19-33(30)37)35(41)25-40(31-21-20-26(2)27(3)22-31)45(43,44)32-17-10-7-11-18-32/h6-22,28,34H,5,23-25H2,1-4H3,(H,38,42)/t28-,34+/m0/s1. The van der Waals surface area contributed by atoms with Crippen LogP contribution in [0.15, 0.2) is 108 Å². The molecule has 0 fully saturated rings. The van der Waals surface area contributed by atoms with Gasteiger partial charge in [0, 0.05) is 24.6 Å². The molecule has 1 N–H and O–H groups in total. The van der Waals surface area contributed by atoms with E-state index in [4.69, 9.17) is 0 Å². The SMILES string of the molecule is CC[C@H](C)NC(=O)[C@@H](Cc1ccccc1)N(Cc1ccccc1F)C(=O)CN(c1ccc(C)c(C)c1)S(=O)(=O)c1ccccc1. The van der Waals surface area contributed by atoms with Crippen LogP contribution in [0, 0.1) is 19.7 Å². The summed E-state index contributed by atoms with van der Waals surface area (Å²) in [5.74, 6) is -1.57. The van der Waals surface area contributed by atoms with Crippen LogP contribution in [-0.4, -0.2) is 43.8 Å². The molecule has 0 bridgehead atoms. The molecule has 0 radical (unpaired) electrons. The van der Waals surface area contributed by atoms with Gasteiger partial charge in [-0.1, -0.05) is 79.7 Å². The first kappa shape index (κ1) is 33.4. The number of carbonyl (C=O) groups is 2. The summed E-state index contributed by atoms with van der Waals surface area (Å²) in [4.78, 5) is 29.7. The molecule has 0 unspecified atom stereocenters. The predicted molar refractivity (Wildman–Crippen MR) is 176 cm³/mol. The summed E-state index contributed by atoms with van der Waals surface area (Å²) in [5.41, 5.74) is 3.14. The number of amides is 2. The minimum absolute atomic E-state index is 0.0204. The molecule has 4 rings (SSSR count). The summed E-state index contributed by atoms with van der Waals surface area (Å²) in [5, 5.41) is 2.98. The van der Waals surface area contributed by atoms with Gasteiger partial charge in [-0.3, -0.25) is 13.9 Å². The minimum atomic E-state index is -4.21. The Morgan fingerprint density at radius 3 is 2.09 bits per heavy atom. The first-order chi connectivity index (χ1) is 21.5. The molecule has 0 saturated carbocycles.